The summed E-state index contributed by atoms with van der Waals surface area (Å²) in [4.78, 5) is 15.9. The van der Waals surface area contributed by atoms with E-state index in [0.717, 1.165) is 11.1 Å². The van der Waals surface area contributed by atoms with Crippen LogP contribution in [0.2, 0.25) is 0 Å². The van der Waals surface area contributed by atoms with Crippen molar-refractivity contribution >= 4 is 17.1 Å². The largest absolute Gasteiger partial charge is 0.493 e. The van der Waals surface area contributed by atoms with E-state index < -0.39 is 6.23 Å². The zero-order chi connectivity index (χ0) is 23.4. The molecule has 0 saturated carbocycles. The molecule has 0 saturated heterocycles. The highest BCUT2D eigenvalue weighted by atomic mass is 16.7. The molecule has 0 radical (unpaired) electrons. The van der Waals surface area contributed by atoms with Crippen LogP contribution in [0.4, 0.5) is 0 Å². The first-order valence-corrected chi connectivity index (χ1v) is 11.1. The number of carbonyl (C=O) groups is 1. The molecule has 0 unspecified atom stereocenters. The number of ketones is 1. The zero-order valence-electron chi connectivity index (χ0n) is 18.8. The Kier molecular flexibility index (Phi) is 4.74. The number of ether oxygens (including phenoxy) is 4. The second-order valence-corrected chi connectivity index (χ2v) is 8.36. The minimum Gasteiger partial charge on any atom is -0.493 e. The molecule has 34 heavy (non-hydrogen) atoms. The predicted molar refractivity (Wildman–Crippen MR) is 125 cm³/mol. The van der Waals surface area contributed by atoms with Gasteiger partial charge in [-0.15, -0.1) is 0 Å². The van der Waals surface area contributed by atoms with Crippen LogP contribution in [-0.2, 0) is 6.42 Å². The molecule has 3 aliphatic rings. The van der Waals surface area contributed by atoms with Gasteiger partial charge in [0.05, 0.1) is 31.1 Å². The summed E-state index contributed by atoms with van der Waals surface area (Å²) in [5.41, 5.74) is 4.80. The van der Waals surface area contributed by atoms with Gasteiger partial charge >= 0.3 is 0 Å². The summed E-state index contributed by atoms with van der Waals surface area (Å²) in [6.07, 6.45) is -0.332. The van der Waals surface area contributed by atoms with Gasteiger partial charge in [0.25, 0.3) is 0 Å². The molecule has 172 valence electrons. The van der Waals surface area contributed by atoms with Crippen LogP contribution >= 0.6 is 0 Å². The van der Waals surface area contributed by atoms with Crippen LogP contribution in [0.15, 0.2) is 54.6 Å². The van der Waals surface area contributed by atoms with Gasteiger partial charge in [-0.1, -0.05) is 30.3 Å². The Bertz CT molecular complexity index is 1350. The number of hydrogen-bond acceptors (Lipinski definition) is 7. The van der Waals surface area contributed by atoms with Gasteiger partial charge in [-0.05, 0) is 41.8 Å². The lowest BCUT2D eigenvalue weighted by molar-refractivity contribution is 0.0388. The molecule has 3 heterocycles. The van der Waals surface area contributed by atoms with E-state index in [1.165, 1.54) is 7.11 Å². The molecule has 0 aromatic heterocycles. The van der Waals surface area contributed by atoms with Crippen molar-refractivity contribution in [2.24, 2.45) is 0 Å². The zero-order valence-corrected chi connectivity index (χ0v) is 18.8. The number of fused-ring (bicyclic) bond motifs is 5. The number of nitrogens with zero attached hydrogens (tertiary/aromatic N) is 1. The second kappa shape index (κ2) is 7.81. The fraction of sp³-hybridized carbons (Fsp3) is 0.222. The Morgan fingerprint density at radius 2 is 1.76 bits per heavy atom. The normalized spacial score (nSPS) is 17.6. The molecule has 0 bridgehead atoms. The number of allylic oxidation sites excluding steroid dienone is 1. The summed E-state index contributed by atoms with van der Waals surface area (Å²) < 4.78 is 22.4. The van der Waals surface area contributed by atoms with E-state index in [4.69, 9.17) is 18.9 Å². The van der Waals surface area contributed by atoms with Gasteiger partial charge in [0.1, 0.15) is 0 Å². The van der Waals surface area contributed by atoms with E-state index in [1.54, 1.807) is 25.3 Å². The van der Waals surface area contributed by atoms with E-state index in [1.807, 2.05) is 41.3 Å². The van der Waals surface area contributed by atoms with Crippen molar-refractivity contribution in [3.63, 3.8) is 0 Å². The van der Waals surface area contributed by atoms with Gasteiger partial charge in [-0.3, -0.25) is 4.79 Å². The molecule has 1 N–H and O–H groups in total. The molecular formula is C27H23NO6. The molecule has 1 atom stereocenters. The summed E-state index contributed by atoms with van der Waals surface area (Å²) in [6, 6.07) is 16.6. The Morgan fingerprint density at radius 1 is 1.00 bits per heavy atom. The summed E-state index contributed by atoms with van der Waals surface area (Å²) >= 11 is 0. The molecule has 3 aliphatic heterocycles. The van der Waals surface area contributed by atoms with Gasteiger partial charge in [0.2, 0.25) is 6.79 Å². The molecule has 7 nitrogen and oxygen atoms in total. The number of hydrogen-bond donors (Lipinski definition) is 1. The van der Waals surface area contributed by atoms with Crippen LogP contribution in [0.5, 0.6) is 23.0 Å². The number of methoxy groups -OCH3 is 2. The van der Waals surface area contributed by atoms with Crippen LogP contribution in [-0.4, -0.2) is 43.3 Å². The topological polar surface area (TPSA) is 77.5 Å². The molecule has 0 fully saturated rings. The number of Topliss-reactive ketones (excluding diaryl/α,β-unsaturated/α-hetero) is 1. The molecule has 0 aliphatic carbocycles. The minimum absolute atomic E-state index is 0.133. The van der Waals surface area contributed by atoms with E-state index in [-0.39, 0.29) is 12.6 Å². The number of aliphatic hydroxyl groups is 1. The van der Waals surface area contributed by atoms with Crippen LogP contribution in [0.3, 0.4) is 0 Å². The highest BCUT2D eigenvalue weighted by molar-refractivity contribution is 6.35. The quantitative estimate of drug-likeness (QED) is 0.593. The van der Waals surface area contributed by atoms with Gasteiger partial charge < -0.3 is 29.0 Å². The summed E-state index contributed by atoms with van der Waals surface area (Å²) in [6.45, 7) is 0.688. The van der Waals surface area contributed by atoms with E-state index in [0.29, 0.717) is 63.9 Å². The van der Waals surface area contributed by atoms with E-state index in [2.05, 4.69) is 0 Å². The number of rotatable bonds is 4. The van der Waals surface area contributed by atoms with Gasteiger partial charge in [0, 0.05) is 17.7 Å². The SMILES string of the molecule is COc1ccc2c(c1OC)[C@@H](O)N1CCc3cc4c(cc3C1=C2C(=O)c1ccccc1)OCO4. The van der Waals surface area contributed by atoms with Crippen molar-refractivity contribution < 1.29 is 28.8 Å². The maximum Gasteiger partial charge on any atom is 0.231 e. The number of benzene rings is 3. The molecule has 0 amide bonds. The van der Waals surface area contributed by atoms with Crippen LogP contribution in [0.1, 0.15) is 38.8 Å². The van der Waals surface area contributed by atoms with E-state index in [9.17, 15) is 9.90 Å². The highest BCUT2D eigenvalue weighted by Gasteiger charge is 2.41. The molecule has 3 aromatic carbocycles. The monoisotopic (exact) mass is 457 g/mol. The van der Waals surface area contributed by atoms with Crippen molar-refractivity contribution in [3.05, 3.63) is 82.4 Å². The molecule has 6 rings (SSSR count). The van der Waals surface area contributed by atoms with Gasteiger partial charge in [-0.2, -0.15) is 0 Å². The van der Waals surface area contributed by atoms with Crippen molar-refractivity contribution in [1.82, 2.24) is 4.90 Å². The average Bonchev–Trinajstić information content (AvgIpc) is 3.34. The molecule has 3 aromatic rings. The maximum absolute atomic E-state index is 14.0. The van der Waals surface area contributed by atoms with Crippen molar-refractivity contribution in [2.45, 2.75) is 12.6 Å². The average molecular weight is 457 g/mol. The van der Waals surface area contributed by atoms with E-state index >= 15 is 0 Å². The Hall–Kier alpha value is -3.97. The smallest absolute Gasteiger partial charge is 0.231 e. The lowest BCUT2D eigenvalue weighted by Crippen LogP contribution is -2.38. The minimum atomic E-state index is -1.01. The molecular weight excluding hydrogens is 434 g/mol. The summed E-state index contributed by atoms with van der Waals surface area (Å²) in [7, 11) is 3.09. The lowest BCUT2D eigenvalue weighted by Gasteiger charge is -2.42. The lowest BCUT2D eigenvalue weighted by atomic mass is 9.81. The Labute approximate surface area is 196 Å². The predicted octanol–water partition coefficient (Wildman–Crippen LogP) is 4.05. The first-order chi connectivity index (χ1) is 16.6. The number of aliphatic hydroxyl groups excluding tert-OH is 1. The molecule has 7 heteroatoms. The first kappa shape index (κ1) is 20.6. The highest BCUT2D eigenvalue weighted by Crippen LogP contribution is 2.52. The summed E-state index contributed by atoms with van der Waals surface area (Å²) in [5.74, 6) is 2.11. The fourth-order valence-electron chi connectivity index (χ4n) is 5.11. The third-order valence-corrected chi connectivity index (χ3v) is 6.67. The van der Waals surface area contributed by atoms with Crippen molar-refractivity contribution in [3.8, 4) is 23.0 Å². The Balaban J connectivity index is 1.68. The Morgan fingerprint density at radius 3 is 2.50 bits per heavy atom. The van der Waals surface area contributed by atoms with Crippen molar-refractivity contribution in [2.75, 3.05) is 27.6 Å². The van der Waals surface area contributed by atoms with Crippen LogP contribution in [0.25, 0.3) is 11.3 Å². The third kappa shape index (κ3) is 2.90. The summed E-state index contributed by atoms with van der Waals surface area (Å²) in [5, 5.41) is 11.6. The third-order valence-electron chi connectivity index (χ3n) is 6.67. The molecule has 0 spiro atoms. The first-order valence-electron chi connectivity index (χ1n) is 11.1. The number of carbonyl (C=O) groups excluding carboxylic acids is 1. The standard InChI is InChI=1S/C27H23NO6/c1-31-19-9-8-17-22(25(29)15-6-4-3-5-7-15)24-18-13-21-20(33-14-34-21)12-16(18)10-11-28(24)27(30)23(17)26(19)32-2/h3-9,12-13,27,30H,10-11,14H2,1-2H3/t27-/m1/s1. The second-order valence-electron chi connectivity index (χ2n) is 8.36. The van der Waals surface area contributed by atoms with Crippen LogP contribution < -0.4 is 18.9 Å². The van der Waals surface area contributed by atoms with Crippen molar-refractivity contribution in [1.29, 1.82) is 0 Å². The maximum atomic E-state index is 14.0. The fourth-order valence-corrected chi connectivity index (χ4v) is 5.11. The van der Waals surface area contributed by atoms with Gasteiger partial charge in [0.15, 0.2) is 35.0 Å². The van der Waals surface area contributed by atoms with Crippen LogP contribution in [0, 0.1) is 0 Å². The van der Waals surface area contributed by atoms with Gasteiger partial charge in [-0.25, -0.2) is 0 Å².